The topological polar surface area (TPSA) is 32.3 Å². The SMILES string of the molecule is O=C(NC[C@@H](c1ccsc1)N1CCCCCC1)c1ccccc1C(F)(F)F. The Bertz CT molecular complexity index is 738. The highest BCUT2D eigenvalue weighted by atomic mass is 32.1. The number of carbonyl (C=O) groups excluding carboxylic acids is 1. The minimum Gasteiger partial charge on any atom is -0.350 e. The third kappa shape index (κ3) is 5.11. The summed E-state index contributed by atoms with van der Waals surface area (Å²) in [5.41, 5.74) is -0.124. The Morgan fingerprint density at radius 1 is 1.11 bits per heavy atom. The lowest BCUT2D eigenvalue weighted by Gasteiger charge is -2.30. The quantitative estimate of drug-likeness (QED) is 0.761. The summed E-state index contributed by atoms with van der Waals surface area (Å²) in [6, 6.07) is 6.93. The van der Waals surface area contributed by atoms with Gasteiger partial charge in [0.15, 0.2) is 0 Å². The van der Waals surface area contributed by atoms with Gasteiger partial charge in [0, 0.05) is 6.54 Å². The van der Waals surface area contributed by atoms with Gasteiger partial charge in [-0.1, -0.05) is 25.0 Å². The predicted molar refractivity (Wildman–Crippen MR) is 101 cm³/mol. The van der Waals surface area contributed by atoms with Crippen LogP contribution in [0.1, 0.15) is 53.2 Å². The molecule has 1 aliphatic heterocycles. The lowest BCUT2D eigenvalue weighted by Crippen LogP contribution is -2.39. The van der Waals surface area contributed by atoms with Crippen molar-refractivity contribution in [3.05, 3.63) is 57.8 Å². The van der Waals surface area contributed by atoms with E-state index in [1.165, 1.54) is 31.0 Å². The Hall–Kier alpha value is -1.86. The molecule has 0 bridgehead atoms. The van der Waals surface area contributed by atoms with Crippen molar-refractivity contribution in [2.24, 2.45) is 0 Å². The van der Waals surface area contributed by atoms with E-state index in [1.54, 1.807) is 11.3 Å². The van der Waals surface area contributed by atoms with Gasteiger partial charge in [0.25, 0.3) is 5.91 Å². The molecule has 3 nitrogen and oxygen atoms in total. The molecule has 2 aromatic rings. The van der Waals surface area contributed by atoms with Crippen molar-refractivity contribution in [3.8, 4) is 0 Å². The summed E-state index contributed by atoms with van der Waals surface area (Å²) in [4.78, 5) is 14.8. The zero-order valence-corrected chi connectivity index (χ0v) is 15.8. The molecule has 1 fully saturated rings. The zero-order chi connectivity index (χ0) is 19.3. The van der Waals surface area contributed by atoms with Crippen LogP contribution in [-0.4, -0.2) is 30.4 Å². The van der Waals surface area contributed by atoms with Gasteiger partial charge in [-0.05, 0) is 60.5 Å². The lowest BCUT2D eigenvalue weighted by atomic mass is 10.1. The summed E-state index contributed by atoms with van der Waals surface area (Å²) in [5, 5.41) is 6.78. The largest absolute Gasteiger partial charge is 0.417 e. The summed E-state index contributed by atoms with van der Waals surface area (Å²) >= 11 is 1.59. The molecule has 2 heterocycles. The van der Waals surface area contributed by atoms with Gasteiger partial charge < -0.3 is 5.32 Å². The van der Waals surface area contributed by atoms with Crippen LogP contribution in [-0.2, 0) is 6.18 Å². The number of benzene rings is 1. The fraction of sp³-hybridized carbons (Fsp3) is 0.450. The molecule has 0 radical (unpaired) electrons. The molecule has 1 aliphatic rings. The van der Waals surface area contributed by atoms with Gasteiger partial charge in [0.05, 0.1) is 17.2 Å². The van der Waals surface area contributed by atoms with Gasteiger partial charge in [-0.25, -0.2) is 0 Å². The van der Waals surface area contributed by atoms with Crippen molar-refractivity contribution in [1.82, 2.24) is 10.2 Å². The monoisotopic (exact) mass is 396 g/mol. The molecule has 0 unspecified atom stereocenters. The standard InChI is InChI=1S/C20H23F3N2OS/c21-20(22,23)17-8-4-3-7-16(17)19(26)24-13-18(15-9-12-27-14-15)25-10-5-1-2-6-11-25/h3-4,7-9,12,14,18H,1-2,5-6,10-11,13H2,(H,24,26)/t18-/m0/s1. The van der Waals surface area contributed by atoms with Crippen LogP contribution in [0.5, 0.6) is 0 Å². The van der Waals surface area contributed by atoms with Crippen molar-refractivity contribution in [3.63, 3.8) is 0 Å². The number of hydrogen-bond donors (Lipinski definition) is 1. The maximum atomic E-state index is 13.2. The van der Waals surface area contributed by atoms with Crippen LogP contribution in [0, 0.1) is 0 Å². The van der Waals surface area contributed by atoms with E-state index >= 15 is 0 Å². The smallest absolute Gasteiger partial charge is 0.350 e. The van der Waals surface area contributed by atoms with Gasteiger partial charge in [0.2, 0.25) is 0 Å². The molecule has 0 spiro atoms. The van der Waals surface area contributed by atoms with Crippen LogP contribution in [0.15, 0.2) is 41.1 Å². The van der Waals surface area contributed by atoms with E-state index in [4.69, 9.17) is 0 Å². The number of alkyl halides is 3. The third-order valence-corrected chi connectivity index (χ3v) is 5.64. The minimum atomic E-state index is -4.55. The third-order valence-electron chi connectivity index (χ3n) is 4.94. The molecule has 7 heteroatoms. The molecule has 3 rings (SSSR count). The Kier molecular flexibility index (Phi) is 6.55. The first-order valence-electron chi connectivity index (χ1n) is 9.17. The molecule has 1 aromatic heterocycles. The molecule has 1 saturated heterocycles. The summed E-state index contributed by atoms with van der Waals surface area (Å²) in [6.07, 6.45) is 0.0405. The van der Waals surface area contributed by atoms with Gasteiger partial charge in [-0.15, -0.1) is 0 Å². The molecular formula is C20H23F3N2OS. The van der Waals surface area contributed by atoms with Crippen molar-refractivity contribution < 1.29 is 18.0 Å². The fourth-order valence-electron chi connectivity index (χ4n) is 3.54. The number of rotatable bonds is 5. The van der Waals surface area contributed by atoms with E-state index < -0.39 is 17.6 Å². The number of nitrogens with one attached hydrogen (secondary N) is 1. The Balaban J connectivity index is 1.75. The summed E-state index contributed by atoms with van der Waals surface area (Å²) in [7, 11) is 0. The predicted octanol–water partition coefficient (Wildman–Crippen LogP) is 5.11. The molecule has 1 amide bonds. The highest BCUT2D eigenvalue weighted by Gasteiger charge is 2.35. The summed E-state index contributed by atoms with van der Waals surface area (Å²) in [5.74, 6) is -0.682. The van der Waals surface area contributed by atoms with Gasteiger partial charge in [-0.3, -0.25) is 9.69 Å². The normalized spacial score (nSPS) is 17.3. The maximum Gasteiger partial charge on any atom is 0.417 e. The average Bonchev–Trinajstić information content (AvgIpc) is 3.04. The van der Waals surface area contributed by atoms with Crippen molar-refractivity contribution in [2.75, 3.05) is 19.6 Å². The second-order valence-electron chi connectivity index (χ2n) is 6.78. The second-order valence-corrected chi connectivity index (χ2v) is 7.56. The van der Waals surface area contributed by atoms with Crippen LogP contribution in [0.4, 0.5) is 13.2 Å². The van der Waals surface area contributed by atoms with Crippen LogP contribution in [0.2, 0.25) is 0 Å². The second kappa shape index (κ2) is 8.89. The van der Waals surface area contributed by atoms with E-state index in [9.17, 15) is 18.0 Å². The van der Waals surface area contributed by atoms with Crippen LogP contribution in [0.3, 0.4) is 0 Å². The van der Waals surface area contributed by atoms with E-state index in [0.29, 0.717) is 6.54 Å². The summed E-state index contributed by atoms with van der Waals surface area (Å²) < 4.78 is 39.5. The Morgan fingerprint density at radius 3 is 2.44 bits per heavy atom. The fourth-order valence-corrected chi connectivity index (χ4v) is 4.25. The first kappa shape index (κ1) is 19.9. The van der Waals surface area contributed by atoms with E-state index in [2.05, 4.69) is 10.2 Å². The number of likely N-dealkylation sites (tertiary alicyclic amines) is 1. The lowest BCUT2D eigenvalue weighted by molar-refractivity contribution is -0.137. The van der Waals surface area contributed by atoms with Gasteiger partial charge in [-0.2, -0.15) is 24.5 Å². The summed E-state index contributed by atoms with van der Waals surface area (Å²) in [6.45, 7) is 2.17. The van der Waals surface area contributed by atoms with Crippen LogP contribution < -0.4 is 5.32 Å². The van der Waals surface area contributed by atoms with E-state index in [-0.39, 0.29) is 11.6 Å². The Labute approximate surface area is 161 Å². The molecule has 1 N–H and O–H groups in total. The highest BCUT2D eigenvalue weighted by Crippen LogP contribution is 2.32. The van der Waals surface area contributed by atoms with E-state index in [1.807, 2.05) is 16.8 Å². The van der Waals surface area contributed by atoms with Crippen LogP contribution >= 0.6 is 11.3 Å². The highest BCUT2D eigenvalue weighted by molar-refractivity contribution is 7.07. The Morgan fingerprint density at radius 2 is 1.81 bits per heavy atom. The van der Waals surface area contributed by atoms with E-state index in [0.717, 1.165) is 37.6 Å². The number of hydrogen-bond acceptors (Lipinski definition) is 3. The molecular weight excluding hydrogens is 373 g/mol. The van der Waals surface area contributed by atoms with Crippen molar-refractivity contribution in [1.29, 1.82) is 0 Å². The number of halogens is 3. The number of amides is 1. The molecule has 0 aliphatic carbocycles. The first-order valence-corrected chi connectivity index (χ1v) is 10.1. The number of nitrogens with zero attached hydrogens (tertiary/aromatic N) is 1. The average molecular weight is 396 g/mol. The van der Waals surface area contributed by atoms with Crippen molar-refractivity contribution in [2.45, 2.75) is 37.9 Å². The molecule has 0 saturated carbocycles. The minimum absolute atomic E-state index is 0.0173. The maximum absolute atomic E-state index is 13.2. The molecule has 146 valence electrons. The number of thiophene rings is 1. The van der Waals surface area contributed by atoms with Crippen molar-refractivity contribution >= 4 is 17.2 Å². The van der Waals surface area contributed by atoms with Gasteiger partial charge >= 0.3 is 6.18 Å². The molecule has 1 atom stereocenters. The molecule has 1 aromatic carbocycles. The van der Waals surface area contributed by atoms with Gasteiger partial charge in [0.1, 0.15) is 0 Å². The zero-order valence-electron chi connectivity index (χ0n) is 15.0. The number of carbonyl (C=O) groups is 1. The molecule has 27 heavy (non-hydrogen) atoms. The first-order chi connectivity index (χ1) is 13.0. The van der Waals surface area contributed by atoms with Crippen LogP contribution in [0.25, 0.3) is 0 Å².